The normalized spacial score (nSPS) is 31.1. The van der Waals surface area contributed by atoms with Crippen molar-refractivity contribution in [2.45, 2.75) is 49.1 Å². The Kier molecular flexibility index (Phi) is 7.84. The van der Waals surface area contributed by atoms with Gasteiger partial charge >= 0.3 is 23.1 Å². The molecule has 64 valence electrons. The zero-order valence-electron chi connectivity index (χ0n) is 6.78. The highest BCUT2D eigenvalue weighted by Crippen LogP contribution is 2.27. The van der Waals surface area contributed by atoms with E-state index in [2.05, 4.69) is 22.9 Å². The van der Waals surface area contributed by atoms with Crippen LogP contribution in [0.4, 0.5) is 0 Å². The smallest absolute Gasteiger partial charge is 0.0891 e. The fourth-order valence-electron chi connectivity index (χ4n) is 1.82. The molecule has 0 atom stereocenters. The summed E-state index contributed by atoms with van der Waals surface area (Å²) in [5.74, 6) is 0. The van der Waals surface area contributed by atoms with Crippen molar-refractivity contribution in [2.24, 2.45) is 0 Å². The Labute approximate surface area is 96.4 Å². The van der Waals surface area contributed by atoms with Gasteiger partial charge in [0.15, 0.2) is 0 Å². The van der Waals surface area contributed by atoms with Gasteiger partial charge in [-0.25, -0.2) is 0 Å². The molecule has 1 saturated heterocycles. The average Bonchev–Trinajstić information content (AvgIpc) is 1.95. The summed E-state index contributed by atoms with van der Waals surface area (Å²) in [5, 5.41) is 0. The molecule has 0 aliphatic carbocycles. The second-order valence-corrected chi connectivity index (χ2v) is 8.17. The lowest BCUT2D eigenvalue weighted by Crippen LogP contribution is -2.20. The summed E-state index contributed by atoms with van der Waals surface area (Å²) in [4.78, 5) is 0.869. The molecular formula is C8H19BrMgSi. The molecule has 1 fully saturated rings. The van der Waals surface area contributed by atoms with Gasteiger partial charge in [-0.3, -0.25) is 0 Å². The summed E-state index contributed by atoms with van der Waals surface area (Å²) in [5.41, 5.74) is 0. The largest absolute Gasteiger partial charge is 0.316 e. The Morgan fingerprint density at radius 3 is 2.36 bits per heavy atom. The summed E-state index contributed by atoms with van der Waals surface area (Å²) < 4.78 is 0. The maximum atomic E-state index is 3.69. The molecule has 0 spiro atoms. The predicted molar refractivity (Wildman–Crippen MR) is 62.4 cm³/mol. The van der Waals surface area contributed by atoms with Gasteiger partial charge in [-0.05, 0) is 12.8 Å². The Bertz CT molecular complexity index is 92.1. The fourth-order valence-corrected chi connectivity index (χ4v) is 6.75. The van der Waals surface area contributed by atoms with Crippen LogP contribution in [-0.4, -0.2) is 36.7 Å². The van der Waals surface area contributed by atoms with Crippen molar-refractivity contribution < 1.29 is 0 Å². The van der Waals surface area contributed by atoms with Crippen molar-refractivity contribution >= 4 is 47.8 Å². The lowest BCUT2D eigenvalue weighted by atomic mass is 10.3. The van der Waals surface area contributed by atoms with Gasteiger partial charge in [-0.15, -0.1) is 0 Å². The van der Waals surface area contributed by atoms with E-state index in [1.165, 1.54) is 19.3 Å². The van der Waals surface area contributed by atoms with Crippen LogP contribution in [-0.2, 0) is 0 Å². The van der Waals surface area contributed by atoms with Gasteiger partial charge in [-0.2, -0.15) is 0 Å². The van der Waals surface area contributed by atoms with E-state index in [1.807, 2.05) is 0 Å². The van der Waals surface area contributed by atoms with E-state index in [4.69, 9.17) is 0 Å². The SMILES string of the molecule is CCC[SiH]1CCC(Br)CC1.[MgH2]. The van der Waals surface area contributed by atoms with Gasteiger partial charge < -0.3 is 0 Å². The van der Waals surface area contributed by atoms with E-state index in [9.17, 15) is 0 Å². The van der Waals surface area contributed by atoms with Gasteiger partial charge in [0.1, 0.15) is 0 Å². The molecule has 0 unspecified atom stereocenters. The summed E-state index contributed by atoms with van der Waals surface area (Å²) >= 11 is 3.69. The van der Waals surface area contributed by atoms with Crippen LogP contribution in [0.5, 0.6) is 0 Å². The van der Waals surface area contributed by atoms with Crippen LogP contribution in [0.15, 0.2) is 0 Å². The molecular weight excluding hydrogens is 228 g/mol. The maximum Gasteiger partial charge on any atom is 0.316 e. The summed E-state index contributed by atoms with van der Waals surface area (Å²) in [6, 6.07) is 4.80. The molecule has 1 aliphatic rings. The predicted octanol–water partition coefficient (Wildman–Crippen LogP) is 2.26. The van der Waals surface area contributed by atoms with Crippen molar-refractivity contribution in [1.82, 2.24) is 0 Å². The third-order valence-corrected chi connectivity index (χ3v) is 7.08. The minimum absolute atomic E-state index is 0. The van der Waals surface area contributed by atoms with Crippen LogP contribution in [0.3, 0.4) is 0 Å². The van der Waals surface area contributed by atoms with E-state index < -0.39 is 0 Å². The summed E-state index contributed by atoms with van der Waals surface area (Å²) in [6.45, 7) is 2.33. The van der Waals surface area contributed by atoms with E-state index >= 15 is 0 Å². The molecule has 1 aliphatic heterocycles. The van der Waals surface area contributed by atoms with Gasteiger partial charge in [-0.1, -0.05) is 47.4 Å². The number of hydrogen-bond acceptors (Lipinski definition) is 0. The van der Waals surface area contributed by atoms with Crippen molar-refractivity contribution in [1.29, 1.82) is 0 Å². The Morgan fingerprint density at radius 1 is 1.36 bits per heavy atom. The highest BCUT2D eigenvalue weighted by Gasteiger charge is 2.18. The first kappa shape index (κ1) is 12.5. The number of halogens is 1. The maximum absolute atomic E-state index is 3.69. The quantitative estimate of drug-likeness (QED) is 0.519. The Hall–Kier alpha value is 1.46. The van der Waals surface area contributed by atoms with Crippen LogP contribution < -0.4 is 0 Å². The van der Waals surface area contributed by atoms with Gasteiger partial charge in [0.25, 0.3) is 0 Å². The van der Waals surface area contributed by atoms with Crippen LogP contribution in [0.1, 0.15) is 26.2 Å². The molecule has 0 aromatic carbocycles. The number of hydrogen-bond donors (Lipinski definition) is 0. The molecule has 3 heteroatoms. The van der Waals surface area contributed by atoms with Gasteiger partial charge in [0, 0.05) is 13.6 Å². The van der Waals surface area contributed by atoms with E-state index in [0.717, 1.165) is 4.83 Å². The summed E-state index contributed by atoms with van der Waals surface area (Å²) in [6.07, 6.45) is 4.37. The third-order valence-electron chi connectivity index (χ3n) is 2.47. The summed E-state index contributed by atoms with van der Waals surface area (Å²) in [7, 11) is -0.195. The van der Waals surface area contributed by atoms with Crippen molar-refractivity contribution in [3.05, 3.63) is 0 Å². The minimum atomic E-state index is -0.195. The van der Waals surface area contributed by atoms with Crippen LogP contribution in [0, 0.1) is 0 Å². The molecule has 0 N–H and O–H groups in total. The molecule has 0 nitrogen and oxygen atoms in total. The second kappa shape index (κ2) is 6.92. The first-order chi connectivity index (χ1) is 4.83. The highest BCUT2D eigenvalue weighted by atomic mass is 79.9. The second-order valence-electron chi connectivity index (χ2n) is 3.41. The van der Waals surface area contributed by atoms with Crippen molar-refractivity contribution in [2.75, 3.05) is 0 Å². The van der Waals surface area contributed by atoms with Gasteiger partial charge in [0.2, 0.25) is 0 Å². The molecule has 0 aromatic heterocycles. The van der Waals surface area contributed by atoms with E-state index in [-0.39, 0.29) is 31.8 Å². The first-order valence-corrected chi connectivity index (χ1v) is 7.83. The highest BCUT2D eigenvalue weighted by molar-refractivity contribution is 9.09. The van der Waals surface area contributed by atoms with Crippen LogP contribution in [0.2, 0.25) is 18.1 Å². The zero-order chi connectivity index (χ0) is 7.40. The first-order valence-electron chi connectivity index (χ1n) is 4.47. The van der Waals surface area contributed by atoms with Crippen LogP contribution >= 0.6 is 15.9 Å². The molecule has 11 heavy (non-hydrogen) atoms. The number of rotatable bonds is 2. The van der Waals surface area contributed by atoms with Crippen LogP contribution in [0.25, 0.3) is 0 Å². The lowest BCUT2D eigenvalue weighted by molar-refractivity contribution is 0.746. The standard InChI is InChI=1S/C8H17BrSi.Mg.2H/c1-2-5-10-6-3-8(9)4-7-10;;;/h8,10H,2-7H2,1H3;;;. The van der Waals surface area contributed by atoms with Gasteiger partial charge in [0.05, 0.1) is 0 Å². The molecule has 0 aromatic rings. The topological polar surface area (TPSA) is 0 Å². The monoisotopic (exact) mass is 246 g/mol. The molecule has 0 saturated carbocycles. The Balaban J connectivity index is 0.000001000. The van der Waals surface area contributed by atoms with E-state index in [0.29, 0.717) is 0 Å². The minimum Gasteiger partial charge on any atom is -0.0891 e. The average molecular weight is 248 g/mol. The molecule has 1 heterocycles. The molecule has 0 radical (unpaired) electrons. The van der Waals surface area contributed by atoms with E-state index in [1.54, 1.807) is 18.1 Å². The molecule has 0 amide bonds. The number of alkyl halides is 1. The van der Waals surface area contributed by atoms with Crippen molar-refractivity contribution in [3.63, 3.8) is 0 Å². The molecule has 1 rings (SSSR count). The fraction of sp³-hybridized carbons (Fsp3) is 1.00. The molecule has 0 bridgehead atoms. The van der Waals surface area contributed by atoms with Crippen molar-refractivity contribution in [3.8, 4) is 0 Å². The lowest BCUT2D eigenvalue weighted by Gasteiger charge is -2.23. The third kappa shape index (κ3) is 4.91. The Morgan fingerprint density at radius 2 is 1.91 bits per heavy atom. The zero-order valence-corrected chi connectivity index (χ0v) is 9.52.